The van der Waals surface area contributed by atoms with Gasteiger partial charge in [-0.15, -0.1) is 0 Å². The van der Waals surface area contributed by atoms with Crippen molar-refractivity contribution in [1.82, 2.24) is 9.97 Å². The highest BCUT2D eigenvalue weighted by atomic mass is 16.5. The van der Waals surface area contributed by atoms with Crippen LogP contribution in [-0.2, 0) is 0 Å². The van der Waals surface area contributed by atoms with Gasteiger partial charge in [0, 0.05) is 18.3 Å². The number of nitrogens with one attached hydrogen (secondary N) is 2. The maximum atomic E-state index is 5.61. The summed E-state index contributed by atoms with van der Waals surface area (Å²) in [6.45, 7) is 7.53. The molecule has 0 saturated carbocycles. The summed E-state index contributed by atoms with van der Waals surface area (Å²) < 4.78 is 5.61. The van der Waals surface area contributed by atoms with Gasteiger partial charge in [-0.3, -0.25) is 0 Å². The molecule has 0 bridgehead atoms. The Balaban J connectivity index is 2.21. The highest BCUT2D eigenvalue weighted by Crippen LogP contribution is 2.27. The highest BCUT2D eigenvalue weighted by molar-refractivity contribution is 5.64. The number of aromatic nitrogens is 2. The maximum Gasteiger partial charge on any atom is 0.224 e. The Morgan fingerprint density at radius 3 is 2.71 bits per heavy atom. The lowest BCUT2D eigenvalue weighted by Gasteiger charge is -2.13. The van der Waals surface area contributed by atoms with Crippen LogP contribution in [0.15, 0.2) is 30.3 Å². The van der Waals surface area contributed by atoms with Crippen molar-refractivity contribution in [2.24, 2.45) is 0 Å². The lowest BCUT2D eigenvalue weighted by atomic mass is 10.3. The van der Waals surface area contributed by atoms with Gasteiger partial charge in [-0.25, -0.2) is 4.98 Å². The van der Waals surface area contributed by atoms with Crippen molar-refractivity contribution in [3.8, 4) is 5.75 Å². The third kappa shape index (κ3) is 4.34. The van der Waals surface area contributed by atoms with Gasteiger partial charge in [-0.1, -0.05) is 19.1 Å². The molecule has 1 heterocycles. The molecule has 21 heavy (non-hydrogen) atoms. The molecule has 1 aromatic heterocycles. The van der Waals surface area contributed by atoms with E-state index in [0.717, 1.165) is 35.9 Å². The summed E-state index contributed by atoms with van der Waals surface area (Å²) in [5, 5.41) is 6.51. The Hall–Kier alpha value is -2.30. The predicted molar refractivity (Wildman–Crippen MR) is 86.4 cm³/mol. The lowest BCUT2D eigenvalue weighted by molar-refractivity contribution is 0.342. The number of benzene rings is 1. The Bertz CT molecular complexity index is 586. The van der Waals surface area contributed by atoms with Crippen LogP contribution in [0.1, 0.15) is 26.0 Å². The number of para-hydroxylation sites is 2. The molecule has 2 N–H and O–H groups in total. The number of ether oxygens (including phenoxy) is 1. The standard InChI is InChI=1S/C16H22N4O/c1-4-10-17-16-18-12(3)11-15(20-16)19-13-8-6-7-9-14(13)21-5-2/h6-9,11H,4-5,10H2,1-3H3,(H2,17,18,19,20). The summed E-state index contributed by atoms with van der Waals surface area (Å²) in [5.41, 5.74) is 1.82. The van der Waals surface area contributed by atoms with Crippen molar-refractivity contribution in [2.45, 2.75) is 27.2 Å². The molecule has 2 rings (SSSR count). The van der Waals surface area contributed by atoms with E-state index < -0.39 is 0 Å². The van der Waals surface area contributed by atoms with Gasteiger partial charge in [0.2, 0.25) is 5.95 Å². The first kappa shape index (κ1) is 15.1. The Morgan fingerprint density at radius 2 is 1.95 bits per heavy atom. The summed E-state index contributed by atoms with van der Waals surface area (Å²) >= 11 is 0. The molecule has 5 nitrogen and oxygen atoms in total. The number of aryl methyl sites for hydroxylation is 1. The zero-order chi connectivity index (χ0) is 15.1. The third-order valence-corrected chi connectivity index (χ3v) is 2.84. The van der Waals surface area contributed by atoms with E-state index in [-0.39, 0.29) is 0 Å². The summed E-state index contributed by atoms with van der Waals surface area (Å²) in [5.74, 6) is 2.22. The first-order valence-electron chi connectivity index (χ1n) is 7.31. The molecule has 0 amide bonds. The number of rotatable bonds is 7. The molecule has 0 atom stereocenters. The van der Waals surface area contributed by atoms with E-state index in [1.165, 1.54) is 0 Å². The van der Waals surface area contributed by atoms with Gasteiger partial charge in [-0.2, -0.15) is 4.98 Å². The molecule has 0 radical (unpaired) electrons. The molecule has 0 aliphatic rings. The van der Waals surface area contributed by atoms with E-state index in [2.05, 4.69) is 27.5 Å². The van der Waals surface area contributed by atoms with Gasteiger partial charge < -0.3 is 15.4 Å². The molecule has 1 aromatic carbocycles. The average Bonchev–Trinajstić information content (AvgIpc) is 2.47. The minimum atomic E-state index is 0.630. The van der Waals surface area contributed by atoms with E-state index in [9.17, 15) is 0 Å². The second-order valence-corrected chi connectivity index (χ2v) is 4.70. The minimum Gasteiger partial charge on any atom is -0.492 e. The SMILES string of the molecule is CCCNc1nc(C)cc(Nc2ccccc2OCC)n1. The molecule has 0 spiro atoms. The normalized spacial score (nSPS) is 10.2. The predicted octanol–water partition coefficient (Wildman–Crippen LogP) is 3.75. The molecule has 2 aromatic rings. The van der Waals surface area contributed by atoms with E-state index in [1.54, 1.807) is 0 Å². The Morgan fingerprint density at radius 1 is 1.14 bits per heavy atom. The van der Waals surface area contributed by atoms with E-state index in [1.807, 2.05) is 44.2 Å². The molecular formula is C16H22N4O. The van der Waals surface area contributed by atoms with Crippen molar-refractivity contribution in [3.63, 3.8) is 0 Å². The van der Waals surface area contributed by atoms with Crippen LogP contribution in [0, 0.1) is 6.92 Å². The molecule has 0 fully saturated rings. The summed E-state index contributed by atoms with van der Waals surface area (Å²) in [6, 6.07) is 9.75. The topological polar surface area (TPSA) is 59.1 Å². The van der Waals surface area contributed by atoms with Gasteiger partial charge in [-0.05, 0) is 32.4 Å². The molecule has 112 valence electrons. The van der Waals surface area contributed by atoms with Crippen LogP contribution >= 0.6 is 0 Å². The fourth-order valence-electron chi connectivity index (χ4n) is 1.94. The lowest BCUT2D eigenvalue weighted by Crippen LogP contribution is -2.07. The van der Waals surface area contributed by atoms with Crippen LogP contribution in [0.2, 0.25) is 0 Å². The third-order valence-electron chi connectivity index (χ3n) is 2.84. The second-order valence-electron chi connectivity index (χ2n) is 4.70. The quantitative estimate of drug-likeness (QED) is 0.811. The van der Waals surface area contributed by atoms with Crippen molar-refractivity contribution in [2.75, 3.05) is 23.8 Å². The van der Waals surface area contributed by atoms with Crippen LogP contribution in [0.25, 0.3) is 0 Å². The van der Waals surface area contributed by atoms with Crippen LogP contribution in [0.5, 0.6) is 5.75 Å². The van der Waals surface area contributed by atoms with Crippen molar-refractivity contribution in [1.29, 1.82) is 0 Å². The van der Waals surface area contributed by atoms with Gasteiger partial charge in [0.15, 0.2) is 0 Å². The molecule has 5 heteroatoms. The number of hydrogen-bond acceptors (Lipinski definition) is 5. The zero-order valence-corrected chi connectivity index (χ0v) is 12.8. The van der Waals surface area contributed by atoms with E-state index >= 15 is 0 Å². The molecule has 0 saturated heterocycles. The van der Waals surface area contributed by atoms with Crippen molar-refractivity contribution in [3.05, 3.63) is 36.0 Å². The smallest absolute Gasteiger partial charge is 0.224 e. The Kier molecular flexibility index (Phi) is 5.37. The monoisotopic (exact) mass is 286 g/mol. The van der Waals surface area contributed by atoms with Crippen molar-refractivity contribution < 1.29 is 4.74 Å². The second kappa shape index (κ2) is 7.47. The van der Waals surface area contributed by atoms with Crippen LogP contribution < -0.4 is 15.4 Å². The number of hydrogen-bond donors (Lipinski definition) is 2. The van der Waals surface area contributed by atoms with Gasteiger partial charge in [0.25, 0.3) is 0 Å². The fourth-order valence-corrected chi connectivity index (χ4v) is 1.94. The van der Waals surface area contributed by atoms with Gasteiger partial charge in [0.1, 0.15) is 11.6 Å². The van der Waals surface area contributed by atoms with Crippen LogP contribution in [-0.4, -0.2) is 23.1 Å². The molecule has 0 aliphatic heterocycles. The number of anilines is 3. The minimum absolute atomic E-state index is 0.630. The van der Waals surface area contributed by atoms with Gasteiger partial charge >= 0.3 is 0 Å². The van der Waals surface area contributed by atoms with E-state index in [0.29, 0.717) is 12.6 Å². The highest BCUT2D eigenvalue weighted by Gasteiger charge is 2.06. The van der Waals surface area contributed by atoms with E-state index in [4.69, 9.17) is 4.74 Å². The molecule has 0 unspecified atom stereocenters. The van der Waals surface area contributed by atoms with Crippen LogP contribution in [0.3, 0.4) is 0 Å². The zero-order valence-electron chi connectivity index (χ0n) is 12.8. The largest absolute Gasteiger partial charge is 0.492 e. The summed E-state index contributed by atoms with van der Waals surface area (Å²) in [7, 11) is 0. The van der Waals surface area contributed by atoms with Crippen LogP contribution in [0.4, 0.5) is 17.5 Å². The first-order valence-corrected chi connectivity index (χ1v) is 7.31. The maximum absolute atomic E-state index is 5.61. The average molecular weight is 286 g/mol. The molecule has 0 aliphatic carbocycles. The first-order chi connectivity index (χ1) is 10.2. The fraction of sp³-hybridized carbons (Fsp3) is 0.375. The summed E-state index contributed by atoms with van der Waals surface area (Å²) in [4.78, 5) is 8.86. The summed E-state index contributed by atoms with van der Waals surface area (Å²) in [6.07, 6.45) is 1.03. The van der Waals surface area contributed by atoms with Gasteiger partial charge in [0.05, 0.1) is 12.3 Å². The molecular weight excluding hydrogens is 264 g/mol. The Labute approximate surface area is 125 Å². The number of nitrogens with zero attached hydrogens (tertiary/aromatic N) is 2. The van der Waals surface area contributed by atoms with Crippen molar-refractivity contribution >= 4 is 17.5 Å².